The zero-order valence-corrected chi connectivity index (χ0v) is 11.5. The Kier molecular flexibility index (Phi) is 4.73. The lowest BCUT2D eigenvalue weighted by atomic mass is 10.1. The van der Waals surface area contributed by atoms with Crippen molar-refractivity contribution in [3.63, 3.8) is 0 Å². The van der Waals surface area contributed by atoms with E-state index < -0.39 is 5.91 Å². The minimum Gasteiger partial charge on any atom is -0.457 e. The monoisotopic (exact) mass is 278 g/mol. The summed E-state index contributed by atoms with van der Waals surface area (Å²) in [7, 11) is 1.49. The van der Waals surface area contributed by atoms with Gasteiger partial charge < -0.3 is 10.1 Å². The van der Waals surface area contributed by atoms with Crippen LogP contribution in [0.25, 0.3) is 6.08 Å². The summed E-state index contributed by atoms with van der Waals surface area (Å²) in [6, 6.07) is 18.5. The average molecular weight is 278 g/mol. The van der Waals surface area contributed by atoms with Crippen molar-refractivity contribution in [2.45, 2.75) is 0 Å². The summed E-state index contributed by atoms with van der Waals surface area (Å²) in [6.45, 7) is 0. The lowest BCUT2D eigenvalue weighted by molar-refractivity contribution is -0.116. The molecule has 0 radical (unpaired) electrons. The fourth-order valence-corrected chi connectivity index (χ4v) is 1.74. The third-order valence-corrected chi connectivity index (χ3v) is 2.74. The summed E-state index contributed by atoms with van der Waals surface area (Å²) in [5.74, 6) is 0.960. The van der Waals surface area contributed by atoms with Crippen LogP contribution in [0.1, 0.15) is 5.56 Å². The fourth-order valence-electron chi connectivity index (χ4n) is 1.74. The molecule has 2 rings (SSSR count). The number of nitrogens with one attached hydrogen (secondary N) is 1. The second kappa shape index (κ2) is 6.92. The van der Waals surface area contributed by atoms with Gasteiger partial charge in [0.25, 0.3) is 5.91 Å². The van der Waals surface area contributed by atoms with E-state index in [1.165, 1.54) is 13.1 Å². The molecule has 0 spiro atoms. The number of benzene rings is 2. The molecule has 4 heteroatoms. The highest BCUT2D eigenvalue weighted by atomic mass is 16.5. The fraction of sp³-hybridized carbons (Fsp3) is 0.0588. The maximum Gasteiger partial charge on any atom is 0.261 e. The molecule has 104 valence electrons. The van der Waals surface area contributed by atoms with Gasteiger partial charge in [-0.2, -0.15) is 5.26 Å². The number of carbonyl (C=O) groups excluding carboxylic acids is 1. The molecule has 0 saturated carbocycles. The molecule has 0 aromatic heterocycles. The Hall–Kier alpha value is -3.06. The van der Waals surface area contributed by atoms with Gasteiger partial charge in [0.05, 0.1) is 0 Å². The van der Waals surface area contributed by atoms with Crippen molar-refractivity contribution >= 4 is 12.0 Å². The average Bonchev–Trinajstić information content (AvgIpc) is 2.53. The molecule has 0 atom stereocenters. The third-order valence-electron chi connectivity index (χ3n) is 2.74. The van der Waals surface area contributed by atoms with E-state index in [1.54, 1.807) is 12.1 Å². The summed E-state index contributed by atoms with van der Waals surface area (Å²) in [4.78, 5) is 11.5. The molecule has 4 nitrogen and oxygen atoms in total. The quantitative estimate of drug-likeness (QED) is 0.690. The van der Waals surface area contributed by atoms with Crippen molar-refractivity contribution in [3.05, 3.63) is 65.7 Å². The van der Waals surface area contributed by atoms with Gasteiger partial charge in [-0.25, -0.2) is 0 Å². The first-order valence-electron chi connectivity index (χ1n) is 6.40. The summed E-state index contributed by atoms with van der Waals surface area (Å²) >= 11 is 0. The SMILES string of the molecule is CNC(=O)C(C#N)=Cc1cccc(Oc2ccccc2)c1. The van der Waals surface area contributed by atoms with E-state index in [4.69, 9.17) is 10.00 Å². The Morgan fingerprint density at radius 2 is 1.86 bits per heavy atom. The highest BCUT2D eigenvalue weighted by Gasteiger charge is 2.06. The number of amides is 1. The number of nitrogens with zero attached hydrogens (tertiary/aromatic N) is 1. The van der Waals surface area contributed by atoms with E-state index >= 15 is 0 Å². The van der Waals surface area contributed by atoms with Crippen LogP contribution in [0, 0.1) is 11.3 Å². The summed E-state index contributed by atoms with van der Waals surface area (Å²) in [5, 5.41) is 11.4. The molecule has 0 bridgehead atoms. The molecule has 0 aliphatic heterocycles. The Bertz CT molecular complexity index is 700. The largest absolute Gasteiger partial charge is 0.457 e. The molecule has 0 heterocycles. The molecule has 0 aliphatic rings. The van der Waals surface area contributed by atoms with Crippen LogP contribution >= 0.6 is 0 Å². The number of para-hydroxylation sites is 1. The molecule has 2 aromatic carbocycles. The van der Waals surface area contributed by atoms with Crippen LogP contribution in [0.5, 0.6) is 11.5 Å². The molecule has 0 fully saturated rings. The molecule has 0 unspecified atom stereocenters. The number of hydrogen-bond acceptors (Lipinski definition) is 3. The molecule has 2 aromatic rings. The number of nitriles is 1. The van der Waals surface area contributed by atoms with Crippen LogP contribution in [-0.2, 0) is 4.79 Å². The summed E-state index contributed by atoms with van der Waals surface area (Å²) < 4.78 is 5.71. The summed E-state index contributed by atoms with van der Waals surface area (Å²) in [5.41, 5.74) is 0.776. The minimum atomic E-state index is -0.410. The van der Waals surface area contributed by atoms with Crippen LogP contribution in [0.4, 0.5) is 0 Å². The van der Waals surface area contributed by atoms with Crippen molar-refractivity contribution in [1.82, 2.24) is 5.32 Å². The minimum absolute atomic E-state index is 0.0503. The normalized spacial score (nSPS) is 10.6. The standard InChI is InChI=1S/C17H14N2O2/c1-19-17(20)14(12-18)10-13-6-5-9-16(11-13)21-15-7-3-2-4-8-15/h2-11H,1H3,(H,19,20). The van der Waals surface area contributed by atoms with Gasteiger partial charge in [-0.1, -0.05) is 30.3 Å². The zero-order chi connectivity index (χ0) is 15.1. The van der Waals surface area contributed by atoms with Gasteiger partial charge in [0, 0.05) is 7.05 Å². The maximum absolute atomic E-state index is 11.5. The lowest BCUT2D eigenvalue weighted by Crippen LogP contribution is -2.19. The van der Waals surface area contributed by atoms with Gasteiger partial charge in [-0.3, -0.25) is 4.79 Å². The third kappa shape index (κ3) is 3.95. The zero-order valence-electron chi connectivity index (χ0n) is 11.5. The van der Waals surface area contributed by atoms with Gasteiger partial charge >= 0.3 is 0 Å². The first kappa shape index (κ1) is 14.4. The maximum atomic E-state index is 11.5. The first-order valence-corrected chi connectivity index (χ1v) is 6.40. The van der Waals surface area contributed by atoms with E-state index in [9.17, 15) is 4.79 Å². The molecule has 0 aliphatic carbocycles. The number of rotatable bonds is 4. The van der Waals surface area contributed by atoms with E-state index in [-0.39, 0.29) is 5.57 Å². The van der Waals surface area contributed by atoms with Crippen LogP contribution in [-0.4, -0.2) is 13.0 Å². The highest BCUT2D eigenvalue weighted by Crippen LogP contribution is 2.22. The van der Waals surface area contributed by atoms with E-state index in [2.05, 4.69) is 5.32 Å². The number of carbonyl (C=O) groups is 1. The number of ether oxygens (including phenoxy) is 1. The van der Waals surface area contributed by atoms with Crippen LogP contribution in [0.15, 0.2) is 60.2 Å². The molecular formula is C17H14N2O2. The molecule has 1 N–H and O–H groups in total. The highest BCUT2D eigenvalue weighted by molar-refractivity contribution is 6.01. The Morgan fingerprint density at radius 1 is 1.14 bits per heavy atom. The number of hydrogen-bond donors (Lipinski definition) is 1. The molecule has 0 saturated heterocycles. The van der Waals surface area contributed by atoms with Gasteiger partial charge in [0.2, 0.25) is 0 Å². The first-order chi connectivity index (χ1) is 10.2. The van der Waals surface area contributed by atoms with Crippen LogP contribution in [0.3, 0.4) is 0 Å². The predicted octanol–water partition coefficient (Wildman–Crippen LogP) is 3.13. The van der Waals surface area contributed by atoms with Gasteiger partial charge in [0.1, 0.15) is 23.1 Å². The van der Waals surface area contributed by atoms with Crippen LogP contribution in [0.2, 0.25) is 0 Å². The number of likely N-dealkylation sites (N-methyl/N-ethyl adjacent to an activating group) is 1. The lowest BCUT2D eigenvalue weighted by Gasteiger charge is -2.06. The molecule has 1 amide bonds. The second-order valence-corrected chi connectivity index (χ2v) is 4.24. The topological polar surface area (TPSA) is 62.1 Å². The molecular weight excluding hydrogens is 264 g/mol. The van der Waals surface area contributed by atoms with Gasteiger partial charge in [-0.15, -0.1) is 0 Å². The smallest absolute Gasteiger partial charge is 0.261 e. The van der Waals surface area contributed by atoms with Crippen molar-refractivity contribution in [2.24, 2.45) is 0 Å². The van der Waals surface area contributed by atoms with Crippen molar-refractivity contribution in [2.75, 3.05) is 7.05 Å². The Labute approximate surface area is 123 Å². The van der Waals surface area contributed by atoms with Crippen LogP contribution < -0.4 is 10.1 Å². The van der Waals surface area contributed by atoms with E-state index in [0.29, 0.717) is 5.75 Å². The Morgan fingerprint density at radius 3 is 2.52 bits per heavy atom. The van der Waals surface area contributed by atoms with E-state index in [1.807, 2.05) is 48.5 Å². The van der Waals surface area contributed by atoms with Crippen molar-refractivity contribution in [3.8, 4) is 17.6 Å². The Balaban J connectivity index is 2.24. The van der Waals surface area contributed by atoms with Crippen molar-refractivity contribution in [1.29, 1.82) is 5.26 Å². The predicted molar refractivity (Wildman–Crippen MR) is 80.6 cm³/mol. The van der Waals surface area contributed by atoms with Gasteiger partial charge in [0.15, 0.2) is 0 Å². The second-order valence-electron chi connectivity index (χ2n) is 4.24. The van der Waals surface area contributed by atoms with E-state index in [0.717, 1.165) is 11.3 Å². The van der Waals surface area contributed by atoms with Crippen molar-refractivity contribution < 1.29 is 9.53 Å². The van der Waals surface area contributed by atoms with Gasteiger partial charge in [-0.05, 0) is 35.9 Å². The summed E-state index contributed by atoms with van der Waals surface area (Å²) in [6.07, 6.45) is 1.52. The molecule has 21 heavy (non-hydrogen) atoms.